The van der Waals surface area contributed by atoms with Crippen molar-refractivity contribution in [3.8, 4) is 0 Å². The Bertz CT molecular complexity index is 599. The van der Waals surface area contributed by atoms with E-state index < -0.39 is 10.8 Å². The lowest BCUT2D eigenvalue weighted by Gasteiger charge is -2.07. The Morgan fingerprint density at radius 1 is 1.05 bits per heavy atom. The number of carbonyl (C=O) groups excluding carboxylic acids is 1. The summed E-state index contributed by atoms with van der Waals surface area (Å²) in [6, 6.07) is 15.9. The summed E-state index contributed by atoms with van der Waals surface area (Å²) in [5, 5.41) is 2.65. The maximum absolute atomic E-state index is 11.9. The second-order valence-corrected chi connectivity index (χ2v) is 5.39. The first-order chi connectivity index (χ1) is 9.16. The predicted octanol–water partition coefficient (Wildman–Crippen LogP) is 2.02. The molecule has 98 valence electrons. The second-order valence-electron chi connectivity index (χ2n) is 3.94. The van der Waals surface area contributed by atoms with E-state index in [-0.39, 0.29) is 11.7 Å². The number of benzene rings is 2. The number of nitrogens with one attached hydrogen (secondary N) is 1. The SMILES string of the molecule is Nc1ccccc1NC(=O)CS(=O)c1ccccc1. The molecule has 0 aliphatic heterocycles. The first-order valence-corrected chi connectivity index (χ1v) is 7.06. The van der Waals surface area contributed by atoms with Gasteiger partial charge in [0, 0.05) is 4.90 Å². The number of rotatable bonds is 4. The van der Waals surface area contributed by atoms with Crippen LogP contribution < -0.4 is 11.1 Å². The van der Waals surface area contributed by atoms with Gasteiger partial charge in [0.2, 0.25) is 5.91 Å². The standard InChI is InChI=1S/C14H14N2O2S/c15-12-8-4-5-9-13(12)16-14(17)10-19(18)11-6-2-1-3-7-11/h1-9H,10,15H2,(H,16,17). The van der Waals surface area contributed by atoms with Gasteiger partial charge >= 0.3 is 0 Å². The van der Waals surface area contributed by atoms with Crippen molar-refractivity contribution in [2.75, 3.05) is 16.8 Å². The molecular formula is C14H14N2O2S. The van der Waals surface area contributed by atoms with Gasteiger partial charge in [0.15, 0.2) is 0 Å². The Balaban J connectivity index is 1.99. The number of para-hydroxylation sites is 2. The molecule has 1 atom stereocenters. The normalized spacial score (nSPS) is 11.8. The fraction of sp³-hybridized carbons (Fsp3) is 0.0714. The smallest absolute Gasteiger partial charge is 0.237 e. The van der Waals surface area contributed by atoms with E-state index in [0.29, 0.717) is 16.3 Å². The van der Waals surface area contributed by atoms with Crippen LogP contribution in [0.2, 0.25) is 0 Å². The van der Waals surface area contributed by atoms with Gasteiger partial charge in [0.25, 0.3) is 0 Å². The van der Waals surface area contributed by atoms with Crippen molar-refractivity contribution < 1.29 is 9.00 Å². The molecule has 3 N–H and O–H groups in total. The molecule has 2 aromatic rings. The van der Waals surface area contributed by atoms with E-state index >= 15 is 0 Å². The quantitative estimate of drug-likeness (QED) is 0.838. The van der Waals surface area contributed by atoms with E-state index in [2.05, 4.69) is 5.32 Å². The zero-order chi connectivity index (χ0) is 13.7. The maximum atomic E-state index is 11.9. The van der Waals surface area contributed by atoms with Gasteiger partial charge in [0.1, 0.15) is 5.75 Å². The Labute approximate surface area is 114 Å². The summed E-state index contributed by atoms with van der Waals surface area (Å²) in [5.74, 6) is -0.404. The molecule has 0 radical (unpaired) electrons. The van der Waals surface area contributed by atoms with E-state index in [1.807, 2.05) is 6.07 Å². The first-order valence-electron chi connectivity index (χ1n) is 5.74. The third-order valence-electron chi connectivity index (χ3n) is 2.50. The summed E-state index contributed by atoms with van der Waals surface area (Å²) in [5.41, 5.74) is 6.75. The number of nitrogen functional groups attached to an aromatic ring is 1. The summed E-state index contributed by atoms with van der Waals surface area (Å²) in [7, 11) is -1.35. The number of nitrogens with two attached hydrogens (primary N) is 1. The van der Waals surface area contributed by atoms with Gasteiger partial charge in [-0.05, 0) is 24.3 Å². The predicted molar refractivity (Wildman–Crippen MR) is 77.2 cm³/mol. The number of hydrogen-bond donors (Lipinski definition) is 2. The van der Waals surface area contributed by atoms with Crippen LogP contribution in [0.15, 0.2) is 59.5 Å². The molecular weight excluding hydrogens is 260 g/mol. The van der Waals surface area contributed by atoms with Crippen LogP contribution in [0.1, 0.15) is 0 Å². The van der Waals surface area contributed by atoms with Crippen LogP contribution in [0.3, 0.4) is 0 Å². The van der Waals surface area contributed by atoms with Crippen LogP contribution >= 0.6 is 0 Å². The van der Waals surface area contributed by atoms with Gasteiger partial charge in [-0.3, -0.25) is 9.00 Å². The van der Waals surface area contributed by atoms with Gasteiger partial charge < -0.3 is 11.1 Å². The maximum Gasteiger partial charge on any atom is 0.237 e. The van der Waals surface area contributed by atoms with Crippen molar-refractivity contribution in [2.24, 2.45) is 0 Å². The minimum absolute atomic E-state index is 0.0850. The van der Waals surface area contributed by atoms with Crippen LogP contribution in [0.4, 0.5) is 11.4 Å². The van der Waals surface area contributed by atoms with Gasteiger partial charge in [-0.2, -0.15) is 0 Å². The first kappa shape index (κ1) is 13.3. The minimum atomic E-state index is -1.35. The Morgan fingerprint density at radius 2 is 1.68 bits per heavy atom. The van der Waals surface area contributed by atoms with E-state index in [4.69, 9.17) is 5.73 Å². The number of amides is 1. The monoisotopic (exact) mass is 274 g/mol. The highest BCUT2D eigenvalue weighted by Crippen LogP contribution is 2.16. The molecule has 2 aromatic carbocycles. The molecule has 0 aliphatic rings. The summed E-state index contributed by atoms with van der Waals surface area (Å²) in [6.07, 6.45) is 0. The molecule has 0 fully saturated rings. The molecule has 19 heavy (non-hydrogen) atoms. The van der Waals surface area contributed by atoms with Crippen molar-refractivity contribution in [2.45, 2.75) is 4.90 Å². The Morgan fingerprint density at radius 3 is 2.37 bits per heavy atom. The molecule has 0 heterocycles. The zero-order valence-corrected chi connectivity index (χ0v) is 11.0. The van der Waals surface area contributed by atoms with Gasteiger partial charge in [-0.15, -0.1) is 0 Å². The third kappa shape index (κ3) is 3.66. The summed E-state index contributed by atoms with van der Waals surface area (Å²) >= 11 is 0. The molecule has 4 nitrogen and oxygen atoms in total. The van der Waals surface area contributed by atoms with Gasteiger partial charge in [-0.1, -0.05) is 30.3 Å². The van der Waals surface area contributed by atoms with Crippen LogP contribution in [0.5, 0.6) is 0 Å². The second kappa shape index (κ2) is 6.15. The molecule has 0 saturated heterocycles. The lowest BCUT2D eigenvalue weighted by molar-refractivity contribution is -0.113. The fourth-order valence-corrected chi connectivity index (χ4v) is 2.51. The van der Waals surface area contributed by atoms with Crippen molar-refractivity contribution in [1.82, 2.24) is 0 Å². The molecule has 5 heteroatoms. The molecule has 2 rings (SSSR count). The van der Waals surface area contributed by atoms with E-state index in [1.54, 1.807) is 48.5 Å². The summed E-state index contributed by atoms with van der Waals surface area (Å²) < 4.78 is 11.9. The highest BCUT2D eigenvalue weighted by molar-refractivity contribution is 7.85. The van der Waals surface area contributed by atoms with Crippen molar-refractivity contribution >= 4 is 28.1 Å². The highest BCUT2D eigenvalue weighted by Gasteiger charge is 2.10. The van der Waals surface area contributed by atoms with Crippen molar-refractivity contribution in [3.63, 3.8) is 0 Å². The zero-order valence-electron chi connectivity index (χ0n) is 10.2. The molecule has 1 amide bonds. The van der Waals surface area contributed by atoms with Crippen LogP contribution in [0.25, 0.3) is 0 Å². The van der Waals surface area contributed by atoms with Crippen molar-refractivity contribution in [1.29, 1.82) is 0 Å². The van der Waals surface area contributed by atoms with Gasteiger partial charge in [-0.25, -0.2) is 0 Å². The van der Waals surface area contributed by atoms with Crippen LogP contribution in [-0.2, 0) is 15.6 Å². The number of carbonyl (C=O) groups is 1. The lowest BCUT2D eigenvalue weighted by atomic mass is 10.3. The van der Waals surface area contributed by atoms with Crippen LogP contribution in [-0.4, -0.2) is 15.9 Å². The average Bonchev–Trinajstić information content (AvgIpc) is 2.42. The molecule has 0 spiro atoms. The topological polar surface area (TPSA) is 72.2 Å². The molecule has 1 unspecified atom stereocenters. The molecule has 0 aliphatic carbocycles. The van der Waals surface area contributed by atoms with Crippen molar-refractivity contribution in [3.05, 3.63) is 54.6 Å². The lowest BCUT2D eigenvalue weighted by Crippen LogP contribution is -2.20. The van der Waals surface area contributed by atoms with Crippen LogP contribution in [0, 0.1) is 0 Å². The van der Waals surface area contributed by atoms with E-state index in [9.17, 15) is 9.00 Å². The molecule has 0 saturated carbocycles. The minimum Gasteiger partial charge on any atom is -0.397 e. The third-order valence-corrected chi connectivity index (χ3v) is 3.83. The number of hydrogen-bond acceptors (Lipinski definition) is 3. The van der Waals surface area contributed by atoms with E-state index in [1.165, 1.54) is 0 Å². The molecule has 0 aromatic heterocycles. The molecule has 0 bridgehead atoms. The summed E-state index contributed by atoms with van der Waals surface area (Å²) in [4.78, 5) is 12.4. The highest BCUT2D eigenvalue weighted by atomic mass is 32.2. The average molecular weight is 274 g/mol. The largest absolute Gasteiger partial charge is 0.397 e. The Hall–Kier alpha value is -2.14. The fourth-order valence-electron chi connectivity index (χ4n) is 1.57. The van der Waals surface area contributed by atoms with E-state index in [0.717, 1.165) is 0 Å². The van der Waals surface area contributed by atoms with Gasteiger partial charge in [0.05, 0.1) is 22.2 Å². The number of anilines is 2. The summed E-state index contributed by atoms with van der Waals surface area (Å²) in [6.45, 7) is 0. The Kier molecular flexibility index (Phi) is 4.30.